The second-order valence-corrected chi connectivity index (χ2v) is 7.23. The first-order valence-electron chi connectivity index (χ1n) is 8.85. The predicted octanol–water partition coefficient (Wildman–Crippen LogP) is 2.31. The minimum absolute atomic E-state index is 0. The van der Waals surface area contributed by atoms with Crippen LogP contribution in [0.3, 0.4) is 0 Å². The lowest BCUT2D eigenvalue weighted by Crippen LogP contribution is -2.56. The van der Waals surface area contributed by atoms with Crippen molar-refractivity contribution in [3.05, 3.63) is 23.2 Å². The summed E-state index contributed by atoms with van der Waals surface area (Å²) in [5.74, 6) is 1.37. The largest absolute Gasteiger partial charge is 0.466 e. The highest BCUT2D eigenvalue weighted by Crippen LogP contribution is 2.30. The molecular formula is C18H28ClN3O3. The van der Waals surface area contributed by atoms with Gasteiger partial charge in [-0.15, -0.1) is 12.4 Å². The van der Waals surface area contributed by atoms with E-state index in [1.54, 1.807) is 13.0 Å². The normalized spacial score (nSPS) is 20.2. The summed E-state index contributed by atoms with van der Waals surface area (Å²) < 4.78 is 5.41. The summed E-state index contributed by atoms with van der Waals surface area (Å²) in [4.78, 5) is 26.8. The Morgan fingerprint density at radius 3 is 2.36 bits per heavy atom. The summed E-state index contributed by atoms with van der Waals surface area (Å²) in [5, 5.41) is 3.06. The molecule has 0 aromatic carbocycles. The van der Waals surface area contributed by atoms with Gasteiger partial charge in [-0.2, -0.15) is 0 Å². The first-order valence-corrected chi connectivity index (χ1v) is 8.85. The number of hydrogen-bond donors (Lipinski definition) is 2. The lowest BCUT2D eigenvalue weighted by atomic mass is 9.95. The number of piperidine rings is 1. The molecule has 1 aliphatic carbocycles. The van der Waals surface area contributed by atoms with Crippen LogP contribution in [-0.4, -0.2) is 41.4 Å². The first-order chi connectivity index (χ1) is 11.4. The van der Waals surface area contributed by atoms with Crippen molar-refractivity contribution in [1.29, 1.82) is 0 Å². The molecule has 1 aromatic rings. The Morgan fingerprint density at radius 1 is 1.24 bits per heavy atom. The zero-order chi connectivity index (χ0) is 17.3. The third-order valence-electron chi connectivity index (χ3n) is 5.32. The fraction of sp³-hybridized carbons (Fsp3) is 0.667. The Hall–Kier alpha value is -1.53. The van der Waals surface area contributed by atoms with Gasteiger partial charge in [0, 0.05) is 19.1 Å². The molecule has 2 aliphatic rings. The molecule has 3 N–H and O–H groups in total. The third kappa shape index (κ3) is 4.18. The molecule has 0 atom stereocenters. The van der Waals surface area contributed by atoms with Crippen molar-refractivity contribution in [2.45, 2.75) is 64.0 Å². The molecule has 2 fully saturated rings. The molecule has 0 bridgehead atoms. The highest BCUT2D eigenvalue weighted by Gasteiger charge is 2.40. The van der Waals surface area contributed by atoms with Gasteiger partial charge in [0.05, 0.1) is 11.1 Å². The van der Waals surface area contributed by atoms with Crippen LogP contribution in [0.1, 0.15) is 60.4 Å². The molecule has 0 unspecified atom stereocenters. The van der Waals surface area contributed by atoms with E-state index >= 15 is 0 Å². The van der Waals surface area contributed by atoms with Crippen LogP contribution < -0.4 is 11.1 Å². The molecule has 1 aromatic heterocycles. The van der Waals surface area contributed by atoms with Crippen molar-refractivity contribution < 1.29 is 14.0 Å². The molecular weight excluding hydrogens is 342 g/mol. The number of furan rings is 1. The van der Waals surface area contributed by atoms with E-state index in [-0.39, 0.29) is 30.3 Å². The molecule has 0 spiro atoms. The molecule has 0 radical (unpaired) electrons. The lowest BCUT2D eigenvalue weighted by Gasteiger charge is -2.37. The van der Waals surface area contributed by atoms with Crippen molar-refractivity contribution in [3.8, 4) is 0 Å². The Morgan fingerprint density at radius 2 is 1.84 bits per heavy atom. The van der Waals surface area contributed by atoms with E-state index in [0.717, 1.165) is 44.3 Å². The molecule has 140 valence electrons. The summed E-state index contributed by atoms with van der Waals surface area (Å²) in [6, 6.07) is 1.86. The van der Waals surface area contributed by atoms with Crippen molar-refractivity contribution in [2.75, 3.05) is 13.1 Å². The summed E-state index contributed by atoms with van der Waals surface area (Å²) in [6.07, 6.45) is 5.20. The maximum Gasteiger partial charge on any atom is 0.255 e. The Bertz CT molecular complexity index is 630. The number of amides is 2. The summed E-state index contributed by atoms with van der Waals surface area (Å²) >= 11 is 0. The number of hydrogen-bond acceptors (Lipinski definition) is 4. The van der Waals surface area contributed by atoms with Crippen molar-refractivity contribution >= 4 is 24.2 Å². The van der Waals surface area contributed by atoms with E-state index in [9.17, 15) is 9.59 Å². The van der Waals surface area contributed by atoms with E-state index in [1.807, 2.05) is 11.8 Å². The summed E-state index contributed by atoms with van der Waals surface area (Å²) in [7, 11) is 0. The van der Waals surface area contributed by atoms with Gasteiger partial charge in [0.25, 0.3) is 5.91 Å². The fourth-order valence-electron chi connectivity index (χ4n) is 3.88. The van der Waals surface area contributed by atoms with E-state index in [2.05, 4.69) is 5.32 Å². The van der Waals surface area contributed by atoms with Crippen molar-refractivity contribution in [2.24, 2.45) is 5.73 Å². The number of likely N-dealkylation sites (tertiary alicyclic amines) is 1. The van der Waals surface area contributed by atoms with Gasteiger partial charge in [-0.05, 0) is 45.6 Å². The van der Waals surface area contributed by atoms with Crippen molar-refractivity contribution in [3.63, 3.8) is 0 Å². The van der Waals surface area contributed by atoms with Crippen LogP contribution in [0.4, 0.5) is 0 Å². The standard InChI is InChI=1S/C18H27N3O3.ClH/c1-12-11-15(13(2)24-12)16(22)20-14-5-9-21(10-6-14)17(23)18(19)7-3-4-8-18;/h11,14H,3-10,19H2,1-2H3,(H,20,22);1H. The van der Waals surface area contributed by atoms with E-state index < -0.39 is 5.54 Å². The third-order valence-corrected chi connectivity index (χ3v) is 5.32. The zero-order valence-electron chi connectivity index (χ0n) is 15.0. The molecule has 7 heteroatoms. The number of nitrogens with one attached hydrogen (secondary N) is 1. The highest BCUT2D eigenvalue weighted by molar-refractivity contribution is 5.95. The number of carbonyl (C=O) groups excluding carboxylic acids is 2. The Balaban J connectivity index is 0.00000225. The molecule has 1 saturated carbocycles. The van der Waals surface area contributed by atoms with Gasteiger partial charge in [-0.1, -0.05) is 12.8 Å². The lowest BCUT2D eigenvalue weighted by molar-refractivity contribution is -0.137. The average molecular weight is 370 g/mol. The van der Waals surface area contributed by atoms with E-state index in [4.69, 9.17) is 10.2 Å². The highest BCUT2D eigenvalue weighted by atomic mass is 35.5. The van der Waals surface area contributed by atoms with Gasteiger partial charge < -0.3 is 20.4 Å². The van der Waals surface area contributed by atoms with Crippen LogP contribution in [0.5, 0.6) is 0 Å². The minimum atomic E-state index is -0.651. The summed E-state index contributed by atoms with van der Waals surface area (Å²) in [5.41, 5.74) is 6.22. The average Bonchev–Trinajstić information content (AvgIpc) is 3.14. The quantitative estimate of drug-likeness (QED) is 0.855. The molecule has 2 heterocycles. The predicted molar refractivity (Wildman–Crippen MR) is 97.9 cm³/mol. The second-order valence-electron chi connectivity index (χ2n) is 7.23. The number of halogens is 1. The van der Waals surface area contributed by atoms with E-state index in [1.165, 1.54) is 0 Å². The van der Waals surface area contributed by atoms with Gasteiger partial charge in [-0.3, -0.25) is 9.59 Å². The fourth-order valence-corrected chi connectivity index (χ4v) is 3.88. The van der Waals surface area contributed by atoms with Crippen LogP contribution >= 0.6 is 12.4 Å². The molecule has 25 heavy (non-hydrogen) atoms. The van der Waals surface area contributed by atoms with Crippen LogP contribution in [-0.2, 0) is 4.79 Å². The van der Waals surface area contributed by atoms with Gasteiger partial charge in [0.2, 0.25) is 5.91 Å². The molecule has 3 rings (SSSR count). The SMILES string of the molecule is Cc1cc(C(=O)NC2CCN(C(=O)C3(N)CCCC3)CC2)c(C)o1.Cl. The van der Waals surface area contributed by atoms with Crippen LogP contribution in [0, 0.1) is 13.8 Å². The number of rotatable bonds is 3. The van der Waals surface area contributed by atoms with Gasteiger partial charge >= 0.3 is 0 Å². The molecule has 6 nitrogen and oxygen atoms in total. The smallest absolute Gasteiger partial charge is 0.255 e. The Kier molecular flexibility index (Phi) is 6.16. The van der Waals surface area contributed by atoms with Crippen LogP contribution in [0.25, 0.3) is 0 Å². The van der Waals surface area contributed by atoms with Crippen LogP contribution in [0.2, 0.25) is 0 Å². The zero-order valence-corrected chi connectivity index (χ0v) is 15.8. The maximum absolute atomic E-state index is 12.6. The molecule has 2 amide bonds. The Labute approximate surface area is 154 Å². The summed E-state index contributed by atoms with van der Waals surface area (Å²) in [6.45, 7) is 4.95. The number of nitrogens with two attached hydrogens (primary N) is 1. The van der Waals surface area contributed by atoms with Gasteiger partial charge in [0.1, 0.15) is 11.5 Å². The van der Waals surface area contributed by atoms with Gasteiger partial charge in [0.15, 0.2) is 0 Å². The van der Waals surface area contributed by atoms with Crippen molar-refractivity contribution in [1.82, 2.24) is 10.2 Å². The second kappa shape index (κ2) is 7.79. The number of aryl methyl sites for hydroxylation is 2. The maximum atomic E-state index is 12.6. The topological polar surface area (TPSA) is 88.6 Å². The number of carbonyl (C=O) groups is 2. The monoisotopic (exact) mass is 369 g/mol. The van der Waals surface area contributed by atoms with Gasteiger partial charge in [-0.25, -0.2) is 0 Å². The number of nitrogens with zero attached hydrogens (tertiary/aromatic N) is 1. The molecule has 1 saturated heterocycles. The molecule has 1 aliphatic heterocycles. The first kappa shape index (κ1) is 19.8. The minimum Gasteiger partial charge on any atom is -0.466 e. The van der Waals surface area contributed by atoms with E-state index in [0.29, 0.717) is 24.4 Å². The van der Waals surface area contributed by atoms with Crippen LogP contribution in [0.15, 0.2) is 10.5 Å².